The van der Waals surface area contributed by atoms with E-state index in [1.807, 2.05) is 0 Å². The van der Waals surface area contributed by atoms with Crippen molar-refractivity contribution in [3.05, 3.63) is 11.7 Å². The highest BCUT2D eigenvalue weighted by Crippen LogP contribution is 2.30. The summed E-state index contributed by atoms with van der Waals surface area (Å²) < 4.78 is 62.2. The molecule has 7 heteroatoms. The van der Waals surface area contributed by atoms with Gasteiger partial charge in [-0.3, -0.25) is 0 Å². The van der Waals surface area contributed by atoms with Gasteiger partial charge in [-0.25, -0.2) is 4.79 Å². The zero-order valence-electron chi connectivity index (χ0n) is 6.41. The van der Waals surface area contributed by atoms with E-state index in [1.54, 1.807) is 0 Å². The topological polar surface area (TPSA) is 26.3 Å². The molecule has 0 saturated heterocycles. The predicted octanol–water partition coefficient (Wildman–Crippen LogP) is 2.26. The van der Waals surface area contributed by atoms with Gasteiger partial charge in [0.25, 0.3) is 0 Å². The second-order valence-corrected chi connectivity index (χ2v) is 1.85. The molecule has 0 radical (unpaired) electrons. The van der Waals surface area contributed by atoms with Crippen LogP contribution in [0.15, 0.2) is 11.7 Å². The van der Waals surface area contributed by atoms with Gasteiger partial charge in [0.1, 0.15) is 0 Å². The number of ether oxygens (including phenoxy) is 1. The molecule has 0 aromatic heterocycles. The van der Waals surface area contributed by atoms with Gasteiger partial charge in [0, 0.05) is 0 Å². The van der Waals surface area contributed by atoms with E-state index in [-0.39, 0.29) is 6.61 Å². The fourth-order valence-electron chi connectivity index (χ4n) is 0.409. The van der Waals surface area contributed by atoms with E-state index in [4.69, 9.17) is 0 Å². The standard InChI is InChI=1S/C6H5F5O2/c1-2-13-5(12)3(7)4(8)6(9,10)11/h2H2,1H3/b4-3+. The molecule has 0 bridgehead atoms. The third-order valence-electron chi connectivity index (χ3n) is 0.896. The largest absolute Gasteiger partial charge is 0.461 e. The molecule has 0 aliphatic heterocycles. The highest BCUT2D eigenvalue weighted by Gasteiger charge is 2.40. The van der Waals surface area contributed by atoms with Crippen LogP contribution in [-0.4, -0.2) is 18.8 Å². The molecule has 0 aliphatic carbocycles. The Morgan fingerprint density at radius 1 is 1.31 bits per heavy atom. The maximum Gasteiger partial charge on any atom is 0.446 e. The SMILES string of the molecule is CCOC(=O)/C(F)=C(\F)C(F)(F)F. The summed E-state index contributed by atoms with van der Waals surface area (Å²) in [5.41, 5.74) is 0. The predicted molar refractivity (Wildman–Crippen MR) is 31.9 cm³/mol. The molecule has 0 heterocycles. The van der Waals surface area contributed by atoms with Crippen molar-refractivity contribution in [2.24, 2.45) is 0 Å². The minimum Gasteiger partial charge on any atom is -0.461 e. The summed E-state index contributed by atoms with van der Waals surface area (Å²) in [7, 11) is 0. The van der Waals surface area contributed by atoms with Crippen LogP contribution < -0.4 is 0 Å². The number of hydrogen-bond acceptors (Lipinski definition) is 2. The Balaban J connectivity index is 4.72. The first-order valence-corrected chi connectivity index (χ1v) is 3.10. The molecule has 0 spiro atoms. The summed E-state index contributed by atoms with van der Waals surface area (Å²) in [6, 6.07) is 0. The molecule has 76 valence electrons. The van der Waals surface area contributed by atoms with Crippen molar-refractivity contribution in [2.75, 3.05) is 6.61 Å². The van der Waals surface area contributed by atoms with Gasteiger partial charge < -0.3 is 4.74 Å². The zero-order chi connectivity index (χ0) is 10.6. The summed E-state index contributed by atoms with van der Waals surface area (Å²) >= 11 is 0. The van der Waals surface area contributed by atoms with Gasteiger partial charge in [-0.15, -0.1) is 0 Å². The highest BCUT2D eigenvalue weighted by molar-refractivity contribution is 5.86. The Bertz CT molecular complexity index is 230. The number of alkyl halides is 3. The number of carbonyl (C=O) groups excluding carboxylic acids is 1. The lowest BCUT2D eigenvalue weighted by molar-refractivity contribution is -0.143. The van der Waals surface area contributed by atoms with E-state index in [2.05, 4.69) is 4.74 Å². The van der Waals surface area contributed by atoms with E-state index in [1.165, 1.54) is 6.92 Å². The third-order valence-corrected chi connectivity index (χ3v) is 0.896. The number of allylic oxidation sites excluding steroid dienone is 1. The molecule has 0 unspecified atom stereocenters. The van der Waals surface area contributed by atoms with Gasteiger partial charge in [0.05, 0.1) is 6.61 Å². The first kappa shape index (κ1) is 11.9. The Morgan fingerprint density at radius 3 is 2.08 bits per heavy atom. The van der Waals surface area contributed by atoms with Crippen molar-refractivity contribution < 1.29 is 31.5 Å². The molecule has 2 nitrogen and oxygen atoms in total. The van der Waals surface area contributed by atoms with E-state index in [0.29, 0.717) is 0 Å². The minimum atomic E-state index is -5.50. The summed E-state index contributed by atoms with van der Waals surface area (Å²) in [5, 5.41) is 0. The van der Waals surface area contributed by atoms with Crippen LogP contribution in [0.5, 0.6) is 0 Å². The van der Waals surface area contributed by atoms with Crippen molar-refractivity contribution in [3.63, 3.8) is 0 Å². The lowest BCUT2D eigenvalue weighted by Gasteiger charge is -2.04. The van der Waals surface area contributed by atoms with Gasteiger partial charge in [-0.1, -0.05) is 0 Å². The summed E-state index contributed by atoms with van der Waals surface area (Å²) in [4.78, 5) is 10.2. The van der Waals surface area contributed by atoms with E-state index in [9.17, 15) is 26.7 Å². The van der Waals surface area contributed by atoms with Crippen LogP contribution in [0, 0.1) is 0 Å². The Morgan fingerprint density at radius 2 is 1.77 bits per heavy atom. The van der Waals surface area contributed by atoms with Crippen LogP contribution >= 0.6 is 0 Å². The molecule has 0 saturated carbocycles. The number of halogens is 5. The molecule has 13 heavy (non-hydrogen) atoms. The maximum atomic E-state index is 12.2. The van der Waals surface area contributed by atoms with Crippen molar-refractivity contribution in [1.29, 1.82) is 0 Å². The quantitative estimate of drug-likeness (QED) is 0.391. The van der Waals surface area contributed by atoms with Crippen molar-refractivity contribution in [1.82, 2.24) is 0 Å². The fraction of sp³-hybridized carbons (Fsp3) is 0.500. The summed E-state index contributed by atoms with van der Waals surface area (Å²) in [5.74, 6) is -7.60. The normalized spacial score (nSPS) is 13.7. The van der Waals surface area contributed by atoms with Crippen LogP contribution in [0.2, 0.25) is 0 Å². The molecule has 0 fully saturated rings. The van der Waals surface area contributed by atoms with E-state index in [0.717, 1.165) is 0 Å². The molecule has 0 aliphatic rings. The molecule has 0 aromatic rings. The van der Waals surface area contributed by atoms with E-state index < -0.39 is 23.8 Å². The number of esters is 1. The van der Waals surface area contributed by atoms with Gasteiger partial charge in [0.15, 0.2) is 0 Å². The monoisotopic (exact) mass is 204 g/mol. The Hall–Kier alpha value is -1.14. The molecular formula is C6H5F5O2. The summed E-state index contributed by atoms with van der Waals surface area (Å²) in [6.45, 7) is 0.911. The van der Waals surface area contributed by atoms with E-state index >= 15 is 0 Å². The highest BCUT2D eigenvalue weighted by atomic mass is 19.4. The molecule has 0 aromatic carbocycles. The first-order chi connectivity index (χ1) is 5.80. The second kappa shape index (κ2) is 4.20. The molecular weight excluding hydrogens is 199 g/mol. The zero-order valence-corrected chi connectivity index (χ0v) is 6.41. The Labute approximate surface area is 70.0 Å². The van der Waals surface area contributed by atoms with Crippen molar-refractivity contribution in [3.8, 4) is 0 Å². The van der Waals surface area contributed by atoms with Crippen LogP contribution in [0.25, 0.3) is 0 Å². The van der Waals surface area contributed by atoms with Gasteiger partial charge in [-0.05, 0) is 6.92 Å². The fourth-order valence-corrected chi connectivity index (χ4v) is 0.409. The average molecular weight is 204 g/mol. The van der Waals surface area contributed by atoms with Gasteiger partial charge in [-0.2, -0.15) is 22.0 Å². The van der Waals surface area contributed by atoms with Crippen molar-refractivity contribution in [2.45, 2.75) is 13.1 Å². The lowest BCUT2D eigenvalue weighted by atomic mass is 10.4. The smallest absolute Gasteiger partial charge is 0.446 e. The molecule has 0 rings (SSSR count). The lowest BCUT2D eigenvalue weighted by Crippen LogP contribution is -2.14. The molecule has 0 N–H and O–H groups in total. The number of rotatable bonds is 2. The van der Waals surface area contributed by atoms with Crippen LogP contribution in [0.4, 0.5) is 22.0 Å². The minimum absolute atomic E-state index is 0.336. The van der Waals surface area contributed by atoms with Crippen LogP contribution in [-0.2, 0) is 9.53 Å². The first-order valence-electron chi connectivity index (χ1n) is 3.10. The van der Waals surface area contributed by atoms with Crippen molar-refractivity contribution >= 4 is 5.97 Å². The number of carbonyl (C=O) groups is 1. The summed E-state index contributed by atoms with van der Waals surface area (Å²) in [6.07, 6.45) is -5.50. The molecule has 0 atom stereocenters. The number of hydrogen-bond donors (Lipinski definition) is 0. The van der Waals surface area contributed by atoms with Crippen LogP contribution in [0.1, 0.15) is 6.92 Å². The average Bonchev–Trinajstić information content (AvgIpc) is 2.00. The second-order valence-electron chi connectivity index (χ2n) is 1.85. The van der Waals surface area contributed by atoms with Gasteiger partial charge in [0.2, 0.25) is 11.7 Å². The maximum absolute atomic E-state index is 12.2. The van der Waals surface area contributed by atoms with Gasteiger partial charge >= 0.3 is 12.1 Å². The Kier molecular flexibility index (Phi) is 3.83. The van der Waals surface area contributed by atoms with Crippen LogP contribution in [0.3, 0.4) is 0 Å². The molecule has 0 amide bonds. The third kappa shape index (κ3) is 3.39.